The van der Waals surface area contributed by atoms with Crippen molar-refractivity contribution < 1.29 is 31.9 Å². The van der Waals surface area contributed by atoms with Crippen molar-refractivity contribution in [2.45, 2.75) is 13.1 Å². The van der Waals surface area contributed by atoms with Gasteiger partial charge in [-0.25, -0.2) is 23.2 Å². The van der Waals surface area contributed by atoms with Gasteiger partial charge in [0, 0.05) is 35.3 Å². The first-order valence-corrected chi connectivity index (χ1v) is 10.3. The molecule has 36 heavy (non-hydrogen) atoms. The van der Waals surface area contributed by atoms with Crippen LogP contribution in [0.1, 0.15) is 17.0 Å². The summed E-state index contributed by atoms with van der Waals surface area (Å²) in [7, 11) is 0. The third kappa shape index (κ3) is 5.54. The van der Waals surface area contributed by atoms with E-state index in [1.54, 1.807) is 24.3 Å². The molecular formula is C24H16F5N5O2. The minimum absolute atomic E-state index is 0.0137. The first-order valence-electron chi connectivity index (χ1n) is 10.3. The zero-order chi connectivity index (χ0) is 26.0. The first-order chi connectivity index (χ1) is 17.0. The molecule has 0 atom stereocenters. The van der Waals surface area contributed by atoms with Gasteiger partial charge in [-0.1, -0.05) is 18.2 Å². The fourth-order valence-electron chi connectivity index (χ4n) is 3.36. The fourth-order valence-corrected chi connectivity index (χ4v) is 3.36. The molecule has 4 aromatic rings. The Hall–Kier alpha value is -4.61. The molecule has 0 bridgehead atoms. The second-order valence-electron chi connectivity index (χ2n) is 7.59. The van der Waals surface area contributed by atoms with Crippen molar-refractivity contribution >= 4 is 23.7 Å². The molecule has 2 heterocycles. The van der Waals surface area contributed by atoms with Gasteiger partial charge >= 0.3 is 12.1 Å². The normalized spacial score (nSPS) is 11.7. The van der Waals surface area contributed by atoms with Crippen molar-refractivity contribution in [3.05, 3.63) is 89.4 Å². The Kier molecular flexibility index (Phi) is 6.51. The minimum atomic E-state index is -4.70. The number of nitrogens with one attached hydrogen (secondary N) is 1. The van der Waals surface area contributed by atoms with Crippen molar-refractivity contribution in [3.8, 4) is 16.9 Å². The molecule has 0 aliphatic rings. The number of nitrogens with zero attached hydrogens (tertiary/aromatic N) is 4. The Labute approximate surface area is 200 Å². The number of aromatic nitrogens is 4. The topological polar surface area (TPSA) is 92.9 Å². The van der Waals surface area contributed by atoms with E-state index in [9.17, 15) is 26.7 Å². The van der Waals surface area contributed by atoms with E-state index >= 15 is 0 Å². The van der Waals surface area contributed by atoms with Gasteiger partial charge in [0.15, 0.2) is 11.5 Å². The Morgan fingerprint density at radius 2 is 1.81 bits per heavy atom. The zero-order valence-electron chi connectivity index (χ0n) is 18.4. The number of hydrogen-bond donors (Lipinski definition) is 2. The predicted octanol–water partition coefficient (Wildman–Crippen LogP) is 5.78. The predicted molar refractivity (Wildman–Crippen MR) is 121 cm³/mol. The molecule has 4 rings (SSSR count). The van der Waals surface area contributed by atoms with Gasteiger partial charge in [-0.05, 0) is 48.4 Å². The highest BCUT2D eigenvalue weighted by molar-refractivity contribution is 5.86. The number of hydrogen-bond acceptors (Lipinski definition) is 5. The van der Waals surface area contributed by atoms with Gasteiger partial charge < -0.3 is 10.4 Å². The second kappa shape index (κ2) is 9.56. The van der Waals surface area contributed by atoms with Crippen molar-refractivity contribution in [3.63, 3.8) is 0 Å². The molecule has 0 saturated heterocycles. The number of benzene rings is 2. The van der Waals surface area contributed by atoms with Crippen molar-refractivity contribution in [1.82, 2.24) is 19.7 Å². The number of alkyl halides is 3. The van der Waals surface area contributed by atoms with Crippen LogP contribution in [0.15, 0.2) is 60.8 Å². The second-order valence-corrected chi connectivity index (χ2v) is 7.59. The molecule has 0 amide bonds. The third-order valence-electron chi connectivity index (χ3n) is 4.88. The quantitative estimate of drug-likeness (QED) is 0.257. The molecule has 0 saturated carbocycles. The molecule has 7 nitrogen and oxygen atoms in total. The minimum Gasteiger partial charge on any atom is -0.478 e. The summed E-state index contributed by atoms with van der Waals surface area (Å²) >= 11 is 0. The number of carboxylic acids is 1. The SMILES string of the molecule is Cc1cc(C(F)(F)F)nn1-c1nc(Nc2cc(F)cc(F)c2)ncc1-c1cccc(C=CC(=O)O)c1. The summed E-state index contributed by atoms with van der Waals surface area (Å²) in [5.41, 5.74) is 0.212. The zero-order valence-corrected chi connectivity index (χ0v) is 18.4. The fraction of sp³-hybridized carbons (Fsp3) is 0.0833. The molecule has 0 aliphatic carbocycles. The number of carbonyl (C=O) groups is 1. The average Bonchev–Trinajstić information content (AvgIpc) is 3.19. The Morgan fingerprint density at radius 3 is 2.44 bits per heavy atom. The lowest BCUT2D eigenvalue weighted by Crippen LogP contribution is -2.10. The number of carboxylic acid groups (broad SMARTS) is 1. The largest absolute Gasteiger partial charge is 0.478 e. The van der Waals surface area contributed by atoms with Crippen LogP contribution in [0.3, 0.4) is 0 Å². The van der Waals surface area contributed by atoms with E-state index in [1.165, 1.54) is 19.2 Å². The average molecular weight is 501 g/mol. The van der Waals surface area contributed by atoms with E-state index < -0.39 is 29.5 Å². The lowest BCUT2D eigenvalue weighted by Gasteiger charge is -2.13. The molecule has 184 valence electrons. The molecule has 0 fully saturated rings. The molecule has 0 spiro atoms. The van der Waals surface area contributed by atoms with Gasteiger partial charge in [-0.3, -0.25) is 0 Å². The van der Waals surface area contributed by atoms with E-state index in [0.29, 0.717) is 17.2 Å². The number of rotatable bonds is 6. The molecule has 0 radical (unpaired) electrons. The van der Waals surface area contributed by atoms with Gasteiger partial charge in [0.05, 0.1) is 0 Å². The van der Waals surface area contributed by atoms with Crippen molar-refractivity contribution in [2.24, 2.45) is 0 Å². The van der Waals surface area contributed by atoms with Crippen LogP contribution < -0.4 is 5.32 Å². The van der Waals surface area contributed by atoms with Gasteiger partial charge in [0.1, 0.15) is 11.6 Å². The van der Waals surface area contributed by atoms with E-state index in [0.717, 1.165) is 29.0 Å². The lowest BCUT2D eigenvalue weighted by molar-refractivity contribution is -0.141. The van der Waals surface area contributed by atoms with Crippen LogP contribution in [0.4, 0.5) is 33.6 Å². The first kappa shape index (κ1) is 24.5. The van der Waals surface area contributed by atoms with Gasteiger partial charge in [0.2, 0.25) is 5.95 Å². The van der Waals surface area contributed by atoms with Gasteiger partial charge in [-0.2, -0.15) is 23.3 Å². The summed E-state index contributed by atoms with van der Waals surface area (Å²) in [6.45, 7) is 1.41. The van der Waals surface area contributed by atoms with Crippen molar-refractivity contribution in [1.29, 1.82) is 0 Å². The molecule has 0 unspecified atom stereocenters. The molecule has 2 N–H and O–H groups in total. The highest BCUT2D eigenvalue weighted by Crippen LogP contribution is 2.32. The maximum absolute atomic E-state index is 13.6. The molecule has 12 heteroatoms. The van der Waals surface area contributed by atoms with Crippen LogP contribution in [-0.2, 0) is 11.0 Å². The van der Waals surface area contributed by atoms with E-state index in [-0.39, 0.29) is 28.7 Å². The summed E-state index contributed by atoms with van der Waals surface area (Å²) in [6, 6.07) is 10.0. The summed E-state index contributed by atoms with van der Waals surface area (Å²) in [5, 5.41) is 15.2. The van der Waals surface area contributed by atoms with E-state index in [4.69, 9.17) is 5.11 Å². The molecule has 2 aromatic heterocycles. The standard InChI is InChI=1S/C24H16F5N5O2/c1-13-7-20(24(27,28)29)33-34(13)22-19(15-4-2-3-14(8-15)5-6-21(35)36)12-30-23(32-22)31-18-10-16(25)9-17(26)11-18/h2-12H,1H3,(H,35,36)(H,30,31,32). The number of aryl methyl sites for hydroxylation is 1. The van der Waals surface area contributed by atoms with Crippen LogP contribution in [0.5, 0.6) is 0 Å². The highest BCUT2D eigenvalue weighted by Gasteiger charge is 2.35. The van der Waals surface area contributed by atoms with E-state index in [1.807, 2.05) is 0 Å². The number of anilines is 2. The van der Waals surface area contributed by atoms with Crippen molar-refractivity contribution in [2.75, 3.05) is 5.32 Å². The van der Waals surface area contributed by atoms with Crippen LogP contribution in [0.25, 0.3) is 23.0 Å². The maximum atomic E-state index is 13.6. The lowest BCUT2D eigenvalue weighted by atomic mass is 10.0. The van der Waals surface area contributed by atoms with E-state index in [2.05, 4.69) is 20.4 Å². The third-order valence-corrected chi connectivity index (χ3v) is 4.88. The number of aliphatic carboxylic acids is 1. The summed E-state index contributed by atoms with van der Waals surface area (Å²) in [6.07, 6.45) is -1.10. The Bertz CT molecular complexity index is 1460. The van der Waals surface area contributed by atoms with Crippen LogP contribution >= 0.6 is 0 Å². The molecular weight excluding hydrogens is 485 g/mol. The molecule has 2 aromatic carbocycles. The van der Waals surface area contributed by atoms with Crippen LogP contribution in [0.2, 0.25) is 0 Å². The summed E-state index contributed by atoms with van der Waals surface area (Å²) < 4.78 is 68.1. The van der Waals surface area contributed by atoms with Crippen LogP contribution in [0, 0.1) is 18.6 Å². The number of halogens is 5. The Morgan fingerprint density at radius 1 is 1.08 bits per heavy atom. The highest BCUT2D eigenvalue weighted by atomic mass is 19.4. The molecule has 0 aliphatic heterocycles. The smallest absolute Gasteiger partial charge is 0.435 e. The van der Waals surface area contributed by atoms with Crippen LogP contribution in [-0.4, -0.2) is 30.8 Å². The summed E-state index contributed by atoms with van der Waals surface area (Å²) in [4.78, 5) is 19.3. The van der Waals surface area contributed by atoms with Gasteiger partial charge in [-0.15, -0.1) is 0 Å². The monoisotopic (exact) mass is 501 g/mol. The summed E-state index contributed by atoms with van der Waals surface area (Å²) in [5.74, 6) is -3.04. The van der Waals surface area contributed by atoms with Gasteiger partial charge in [0.25, 0.3) is 0 Å². The Balaban J connectivity index is 1.85. The maximum Gasteiger partial charge on any atom is 0.435 e.